The van der Waals surface area contributed by atoms with E-state index in [2.05, 4.69) is 9.01 Å². The fraction of sp³-hybridized carbons (Fsp3) is 0.643. The number of rotatable bonds is 3. The van der Waals surface area contributed by atoms with Gasteiger partial charge in [-0.15, -0.1) is 0 Å². The summed E-state index contributed by atoms with van der Waals surface area (Å²) in [6.45, 7) is 14.0. The first-order valence-corrected chi connectivity index (χ1v) is 11.5. The summed E-state index contributed by atoms with van der Waals surface area (Å²) in [6.07, 6.45) is 1.08. The summed E-state index contributed by atoms with van der Waals surface area (Å²) in [5.74, 6) is -0.554. The fourth-order valence-corrected chi connectivity index (χ4v) is 6.32. The first-order chi connectivity index (χ1) is 9.28. The molecule has 7 heteroatoms. The van der Waals surface area contributed by atoms with Gasteiger partial charge >= 0.3 is 0 Å². The van der Waals surface area contributed by atoms with Crippen molar-refractivity contribution in [2.24, 2.45) is 9.17 Å². The van der Waals surface area contributed by atoms with Crippen molar-refractivity contribution in [3.05, 3.63) is 23.8 Å². The molecule has 0 spiro atoms. The zero-order valence-electron chi connectivity index (χ0n) is 13.9. The van der Waals surface area contributed by atoms with E-state index in [1.54, 1.807) is 0 Å². The monoisotopic (exact) mass is 331 g/mol. The summed E-state index contributed by atoms with van der Waals surface area (Å²) in [5, 5.41) is 5.81. The summed E-state index contributed by atoms with van der Waals surface area (Å²) in [7, 11) is -5.52. The maximum absolute atomic E-state index is 14.0. The highest BCUT2D eigenvalue weighted by atomic mass is 32.2. The maximum Gasteiger partial charge on any atom is 0.195 e. The van der Waals surface area contributed by atoms with E-state index < -0.39 is 24.0 Å². The smallest absolute Gasteiger partial charge is 0.195 e. The van der Waals surface area contributed by atoms with Gasteiger partial charge in [-0.1, -0.05) is 34.6 Å². The second kappa shape index (κ2) is 5.77. The van der Waals surface area contributed by atoms with Crippen molar-refractivity contribution in [2.75, 3.05) is 0 Å². The van der Waals surface area contributed by atoms with Crippen LogP contribution in [0.5, 0.6) is 0 Å². The van der Waals surface area contributed by atoms with Crippen molar-refractivity contribution in [1.29, 1.82) is 0 Å². The Morgan fingerprint density at radius 2 is 1.90 bits per heavy atom. The molecule has 1 aromatic heterocycles. The van der Waals surface area contributed by atoms with Crippen LogP contribution in [-0.2, 0) is 9.92 Å². The molecule has 0 amide bonds. The molecule has 0 bridgehead atoms. The van der Waals surface area contributed by atoms with Crippen molar-refractivity contribution < 1.29 is 8.60 Å². The second-order valence-corrected chi connectivity index (χ2v) is 14.1. The summed E-state index contributed by atoms with van der Waals surface area (Å²) >= 11 is 0. The highest BCUT2D eigenvalue weighted by molar-refractivity contribution is 7.92. The van der Waals surface area contributed by atoms with Crippen LogP contribution in [-0.4, -0.2) is 17.4 Å². The summed E-state index contributed by atoms with van der Waals surface area (Å²) < 4.78 is 31.3. The summed E-state index contributed by atoms with van der Waals surface area (Å²) in [5.41, 5.74) is 0.662. The molecule has 0 fully saturated rings. The van der Waals surface area contributed by atoms with Gasteiger partial charge in [0, 0.05) is 5.69 Å². The Bertz CT molecular complexity index is 644. The van der Waals surface area contributed by atoms with Crippen LogP contribution in [0.3, 0.4) is 0 Å². The lowest BCUT2D eigenvalue weighted by Crippen LogP contribution is -2.37. The second-order valence-electron chi connectivity index (χ2n) is 7.16. The Hall–Kier alpha value is -0.793. The zero-order chi connectivity index (χ0) is 16.6. The van der Waals surface area contributed by atoms with Crippen molar-refractivity contribution >= 4 is 18.2 Å². The maximum atomic E-state index is 14.0. The van der Waals surface area contributed by atoms with Crippen LogP contribution in [0.25, 0.3) is 0 Å². The third-order valence-corrected chi connectivity index (χ3v) is 11.5. The molecule has 1 aromatic rings. The Labute approximate surface area is 128 Å². The molecular formula is C14H26FN3OSSi. The van der Waals surface area contributed by atoms with Crippen LogP contribution in [0.15, 0.2) is 21.2 Å². The van der Waals surface area contributed by atoms with E-state index in [1.165, 1.54) is 6.07 Å². The number of aromatic nitrogens is 1. The SMILES string of the molecule is CC(C)c1cc(S(N)(=O)=N[Si](C)(C)C(C)(C)C)c(F)cn1. The molecule has 4 nitrogen and oxygen atoms in total. The zero-order valence-corrected chi connectivity index (χ0v) is 15.7. The Morgan fingerprint density at radius 1 is 1.38 bits per heavy atom. The summed E-state index contributed by atoms with van der Waals surface area (Å²) in [4.78, 5) is 3.97. The topological polar surface area (TPSA) is 68.3 Å². The van der Waals surface area contributed by atoms with Crippen LogP contribution in [0.2, 0.25) is 18.1 Å². The predicted molar refractivity (Wildman–Crippen MR) is 88.5 cm³/mol. The largest absolute Gasteiger partial charge is 0.261 e. The molecule has 0 aliphatic rings. The molecular weight excluding hydrogens is 305 g/mol. The third kappa shape index (κ3) is 4.11. The van der Waals surface area contributed by atoms with Crippen LogP contribution < -0.4 is 5.14 Å². The quantitative estimate of drug-likeness (QED) is 0.849. The Kier molecular flexibility index (Phi) is 5.02. The molecule has 1 unspecified atom stereocenters. The minimum Gasteiger partial charge on any atom is -0.261 e. The molecule has 0 aliphatic heterocycles. The van der Waals surface area contributed by atoms with Crippen LogP contribution in [0.4, 0.5) is 4.39 Å². The van der Waals surface area contributed by atoms with E-state index in [0.717, 1.165) is 6.20 Å². The van der Waals surface area contributed by atoms with Gasteiger partial charge in [0.15, 0.2) is 14.1 Å². The summed E-state index contributed by atoms with van der Waals surface area (Å²) in [6, 6.07) is 1.49. The molecule has 1 rings (SSSR count). The molecule has 0 saturated carbocycles. The van der Waals surface area contributed by atoms with Crippen molar-refractivity contribution in [3.63, 3.8) is 0 Å². The van der Waals surface area contributed by atoms with E-state index in [-0.39, 0.29) is 15.9 Å². The van der Waals surface area contributed by atoms with Gasteiger partial charge < -0.3 is 0 Å². The van der Waals surface area contributed by atoms with E-state index >= 15 is 0 Å². The van der Waals surface area contributed by atoms with Crippen LogP contribution >= 0.6 is 0 Å². The molecule has 21 heavy (non-hydrogen) atoms. The molecule has 1 heterocycles. The molecule has 0 aromatic carbocycles. The van der Waals surface area contributed by atoms with Crippen molar-refractivity contribution in [3.8, 4) is 0 Å². The Balaban J connectivity index is 3.51. The third-order valence-electron chi connectivity index (χ3n) is 3.95. The molecule has 1 atom stereocenters. The number of pyridine rings is 1. The lowest BCUT2D eigenvalue weighted by Gasteiger charge is -2.32. The highest BCUT2D eigenvalue weighted by Crippen LogP contribution is 2.38. The number of halogens is 1. The van der Waals surface area contributed by atoms with Crippen LogP contribution in [0.1, 0.15) is 46.2 Å². The fourth-order valence-electron chi connectivity index (χ4n) is 1.50. The average Bonchev–Trinajstić information content (AvgIpc) is 2.25. The standard InChI is InChI=1S/C14H26FN3OSSi/c1-10(2)12-8-13(11(15)9-17-12)20(16,19)18-21(6,7)14(3,4)5/h8-10H,1-7H3,(H2,16,18,19). The van der Waals surface area contributed by atoms with Crippen molar-refractivity contribution in [2.45, 2.75) is 63.6 Å². The lowest BCUT2D eigenvalue weighted by atomic mass is 10.1. The number of hydrogen-bond donors (Lipinski definition) is 1. The molecule has 120 valence electrons. The first kappa shape index (κ1) is 18.3. The molecule has 0 aliphatic carbocycles. The first-order valence-electron chi connectivity index (χ1n) is 6.99. The highest BCUT2D eigenvalue weighted by Gasteiger charge is 2.37. The minimum absolute atomic E-state index is 0.0361. The average molecular weight is 332 g/mol. The van der Waals surface area contributed by atoms with Gasteiger partial charge in [0.1, 0.15) is 14.8 Å². The van der Waals surface area contributed by atoms with E-state index in [9.17, 15) is 8.60 Å². The normalized spacial score (nSPS) is 15.9. The lowest BCUT2D eigenvalue weighted by molar-refractivity contribution is 0.582. The van der Waals surface area contributed by atoms with Gasteiger partial charge in [0.2, 0.25) is 0 Å². The van der Waals surface area contributed by atoms with Gasteiger partial charge in [-0.25, -0.2) is 13.7 Å². The van der Waals surface area contributed by atoms with Gasteiger partial charge in [-0.2, -0.15) is 0 Å². The number of hydrogen-bond acceptors (Lipinski definition) is 3. The van der Waals surface area contributed by atoms with Crippen molar-refractivity contribution in [1.82, 2.24) is 4.98 Å². The van der Waals surface area contributed by atoms with Gasteiger partial charge in [-0.05, 0) is 30.1 Å². The van der Waals surface area contributed by atoms with Gasteiger partial charge in [0.25, 0.3) is 0 Å². The van der Waals surface area contributed by atoms with Crippen LogP contribution in [0, 0.1) is 5.82 Å². The number of nitrogens with two attached hydrogens (primary N) is 1. The van der Waals surface area contributed by atoms with E-state index in [1.807, 2.05) is 47.7 Å². The number of nitrogens with zero attached hydrogens (tertiary/aromatic N) is 2. The van der Waals surface area contributed by atoms with E-state index in [4.69, 9.17) is 5.14 Å². The van der Waals surface area contributed by atoms with E-state index in [0.29, 0.717) is 5.69 Å². The van der Waals surface area contributed by atoms with Gasteiger partial charge in [0.05, 0.1) is 6.20 Å². The molecule has 0 saturated heterocycles. The van der Waals surface area contributed by atoms with Gasteiger partial charge in [-0.3, -0.25) is 9.01 Å². The predicted octanol–water partition coefficient (Wildman–Crippen LogP) is 4.05. The molecule has 2 N–H and O–H groups in total. The molecule has 0 radical (unpaired) electrons. The minimum atomic E-state index is -3.27. The Morgan fingerprint density at radius 3 is 2.33 bits per heavy atom.